The smallest absolute Gasteiger partial charge is 0.267 e. The van der Waals surface area contributed by atoms with Crippen LogP contribution in [-0.4, -0.2) is 10.8 Å². The first-order valence-corrected chi connectivity index (χ1v) is 5.02. The Morgan fingerprint density at radius 3 is 2.31 bits per heavy atom. The Hall–Kier alpha value is -0.930. The first kappa shape index (κ1) is 10.2. The second-order valence-corrected chi connectivity index (χ2v) is 3.32. The quantitative estimate of drug-likeness (QED) is 0.487. The van der Waals surface area contributed by atoms with E-state index in [1.165, 1.54) is 25.7 Å². The van der Waals surface area contributed by atoms with E-state index in [1.807, 2.05) is 0 Å². The summed E-state index contributed by atoms with van der Waals surface area (Å²) in [7, 11) is 0. The van der Waals surface area contributed by atoms with E-state index in [-0.39, 0.29) is 5.91 Å². The second kappa shape index (κ2) is 5.67. The summed E-state index contributed by atoms with van der Waals surface area (Å²) in [6.07, 6.45) is 7.66. The fraction of sp³-hybridized carbons (Fsp3) is 0.889. The summed E-state index contributed by atoms with van der Waals surface area (Å²) in [5.41, 5.74) is 0. The SMILES string of the molecule is CCCCCCCCC(=O)n1oo1. The van der Waals surface area contributed by atoms with Gasteiger partial charge in [-0.05, 0) is 6.42 Å². The molecule has 0 saturated heterocycles. The Balaban J connectivity index is 1.84. The lowest BCUT2D eigenvalue weighted by atomic mass is 10.1. The molecule has 0 spiro atoms. The van der Waals surface area contributed by atoms with Gasteiger partial charge in [0.2, 0.25) is 0 Å². The molecule has 1 rings (SSSR count). The van der Waals surface area contributed by atoms with Crippen molar-refractivity contribution in [3.8, 4) is 0 Å². The van der Waals surface area contributed by atoms with Crippen LogP contribution >= 0.6 is 0 Å². The zero-order chi connectivity index (χ0) is 9.52. The molecule has 1 aromatic rings. The van der Waals surface area contributed by atoms with Crippen molar-refractivity contribution < 1.29 is 14.2 Å². The van der Waals surface area contributed by atoms with Gasteiger partial charge in [-0.3, -0.25) is 4.79 Å². The molecule has 0 atom stereocenters. The molecular formula is C9H17NO3. The molecule has 0 radical (unpaired) electrons. The van der Waals surface area contributed by atoms with Crippen LogP contribution in [-0.2, 0) is 0 Å². The van der Waals surface area contributed by atoms with E-state index < -0.39 is 0 Å². The molecular weight excluding hydrogens is 170 g/mol. The molecule has 0 aromatic carbocycles. The molecule has 13 heavy (non-hydrogen) atoms. The zero-order valence-electron chi connectivity index (χ0n) is 8.12. The van der Waals surface area contributed by atoms with Crippen molar-refractivity contribution in [3.05, 3.63) is 0 Å². The van der Waals surface area contributed by atoms with Crippen LogP contribution in [0.1, 0.15) is 56.7 Å². The topological polar surface area (TPSA) is 48.3 Å². The Bertz CT molecular complexity index is 213. The van der Waals surface area contributed by atoms with E-state index in [4.69, 9.17) is 0 Å². The molecule has 0 fully saturated rings. The molecule has 4 nitrogen and oxygen atoms in total. The number of rotatable bonds is 7. The highest BCUT2D eigenvalue weighted by atomic mass is 17.3. The van der Waals surface area contributed by atoms with Crippen LogP contribution < -0.4 is 0 Å². The monoisotopic (exact) mass is 187 g/mol. The zero-order valence-corrected chi connectivity index (χ0v) is 8.12. The lowest BCUT2D eigenvalue weighted by Gasteiger charge is -1.96. The Kier molecular flexibility index (Phi) is 4.43. The third kappa shape index (κ3) is 4.60. The largest absolute Gasteiger partial charge is 0.305 e. The van der Waals surface area contributed by atoms with E-state index in [0.717, 1.165) is 17.8 Å². The minimum Gasteiger partial charge on any atom is -0.267 e. The summed E-state index contributed by atoms with van der Waals surface area (Å²) in [5.74, 6) is -0.0736. The van der Waals surface area contributed by atoms with Crippen LogP contribution in [0.25, 0.3) is 0 Å². The van der Waals surface area contributed by atoms with Crippen molar-refractivity contribution in [1.29, 1.82) is 0 Å². The minimum absolute atomic E-state index is 0.0736. The van der Waals surface area contributed by atoms with Crippen molar-refractivity contribution in [2.75, 3.05) is 0 Å². The van der Waals surface area contributed by atoms with E-state index in [9.17, 15) is 4.79 Å². The summed E-state index contributed by atoms with van der Waals surface area (Å²) in [4.78, 5) is 11.9. The highest BCUT2D eigenvalue weighted by molar-refractivity contribution is 5.75. The van der Waals surface area contributed by atoms with Crippen molar-refractivity contribution in [2.24, 2.45) is 0 Å². The molecule has 1 aromatic heterocycles. The number of hydrogen-bond donors (Lipinski definition) is 0. The third-order valence-corrected chi connectivity index (χ3v) is 2.10. The Morgan fingerprint density at radius 1 is 1.08 bits per heavy atom. The van der Waals surface area contributed by atoms with Crippen molar-refractivity contribution >= 4 is 5.91 Å². The maximum Gasteiger partial charge on any atom is 0.305 e. The van der Waals surface area contributed by atoms with Crippen LogP contribution in [0.2, 0.25) is 0 Å². The van der Waals surface area contributed by atoms with Crippen LogP contribution in [0, 0.1) is 0 Å². The molecule has 0 unspecified atom stereocenters. The van der Waals surface area contributed by atoms with E-state index in [2.05, 4.69) is 16.3 Å². The van der Waals surface area contributed by atoms with Gasteiger partial charge in [0.25, 0.3) is 0 Å². The number of hydrogen-bond acceptors (Lipinski definition) is 3. The number of carbonyl (C=O) groups excluding carboxylic acids is 1. The maximum atomic E-state index is 11.0. The summed E-state index contributed by atoms with van der Waals surface area (Å²) >= 11 is 0. The lowest BCUT2D eigenvalue weighted by Crippen LogP contribution is -2.00. The fourth-order valence-corrected chi connectivity index (χ4v) is 1.25. The average Bonchev–Trinajstić information content (AvgIpc) is 2.93. The van der Waals surface area contributed by atoms with E-state index in [0.29, 0.717) is 6.42 Å². The lowest BCUT2D eigenvalue weighted by molar-refractivity contribution is 0.0854. The minimum atomic E-state index is -0.0736. The Morgan fingerprint density at radius 2 is 1.69 bits per heavy atom. The molecule has 0 aliphatic rings. The Labute approximate surface area is 77.7 Å². The summed E-state index contributed by atoms with van der Waals surface area (Å²) < 4.78 is 8.50. The maximum absolute atomic E-state index is 11.0. The van der Waals surface area contributed by atoms with Gasteiger partial charge >= 0.3 is 5.91 Å². The van der Waals surface area contributed by atoms with Gasteiger partial charge in [0.15, 0.2) is 0 Å². The van der Waals surface area contributed by atoms with Gasteiger partial charge in [0, 0.05) is 6.42 Å². The first-order chi connectivity index (χ1) is 6.34. The predicted molar refractivity (Wildman–Crippen MR) is 47.6 cm³/mol. The van der Waals surface area contributed by atoms with Gasteiger partial charge in [-0.15, -0.1) is 9.36 Å². The highest BCUT2D eigenvalue weighted by Crippen LogP contribution is 2.08. The molecule has 0 aliphatic heterocycles. The van der Waals surface area contributed by atoms with Gasteiger partial charge in [-0.2, -0.15) is 0 Å². The van der Waals surface area contributed by atoms with Crippen molar-refractivity contribution in [3.63, 3.8) is 0 Å². The molecule has 4 heteroatoms. The third-order valence-electron chi connectivity index (χ3n) is 2.10. The second-order valence-electron chi connectivity index (χ2n) is 3.32. The molecule has 1 heterocycles. The molecule has 76 valence electrons. The van der Waals surface area contributed by atoms with Gasteiger partial charge in [0.1, 0.15) is 0 Å². The fourth-order valence-electron chi connectivity index (χ4n) is 1.25. The van der Waals surface area contributed by atoms with Crippen LogP contribution in [0.15, 0.2) is 9.36 Å². The molecule has 0 amide bonds. The normalized spacial score (nSPS) is 10.8. The number of aromatic nitrogens is 1. The van der Waals surface area contributed by atoms with Gasteiger partial charge in [0.05, 0.1) is 4.91 Å². The highest BCUT2D eigenvalue weighted by Gasteiger charge is 2.13. The molecule has 0 N–H and O–H groups in total. The summed E-state index contributed by atoms with van der Waals surface area (Å²) in [6.45, 7) is 2.19. The predicted octanol–water partition coefficient (Wildman–Crippen LogP) is 3.06. The standard InChI is InChI=1S/C9H17NO3/c1-2-3-4-5-6-7-8-9(11)10-12-13-10/h2-8H2,1H3. The van der Waals surface area contributed by atoms with Crippen molar-refractivity contribution in [2.45, 2.75) is 51.9 Å². The summed E-state index contributed by atoms with van der Waals surface area (Å²) in [5, 5.41) is 0. The number of unbranched alkanes of at least 4 members (excludes halogenated alkanes) is 5. The summed E-state index contributed by atoms with van der Waals surface area (Å²) in [6, 6.07) is 0. The van der Waals surface area contributed by atoms with Crippen LogP contribution in [0.4, 0.5) is 0 Å². The molecule has 0 bridgehead atoms. The molecule has 0 saturated carbocycles. The van der Waals surface area contributed by atoms with E-state index >= 15 is 0 Å². The van der Waals surface area contributed by atoms with E-state index in [1.54, 1.807) is 0 Å². The first-order valence-electron chi connectivity index (χ1n) is 5.02. The molecule has 0 aliphatic carbocycles. The number of carbonyl (C=O) groups is 1. The van der Waals surface area contributed by atoms with Crippen molar-refractivity contribution in [1.82, 2.24) is 4.91 Å². The van der Waals surface area contributed by atoms with Gasteiger partial charge in [-0.1, -0.05) is 39.0 Å². The van der Waals surface area contributed by atoms with Crippen LogP contribution in [0.3, 0.4) is 0 Å². The van der Waals surface area contributed by atoms with Gasteiger partial charge < -0.3 is 0 Å². The number of nitrogens with zero attached hydrogens (tertiary/aromatic N) is 1. The van der Waals surface area contributed by atoms with Crippen LogP contribution in [0.5, 0.6) is 0 Å². The average molecular weight is 187 g/mol. The van der Waals surface area contributed by atoms with Gasteiger partial charge in [-0.25, -0.2) is 0 Å².